The number of esters is 1. The van der Waals surface area contributed by atoms with Crippen LogP contribution in [-0.2, 0) is 44.4 Å². The van der Waals surface area contributed by atoms with E-state index >= 15 is 0 Å². The first-order valence-corrected chi connectivity index (χ1v) is 25.2. The number of allylic oxidation sites excluding steroid dienone is 2. The van der Waals surface area contributed by atoms with E-state index < -0.39 is 48.4 Å². The standard InChI is InChI=1S/C53H71BrN2O13/c1-31(16-17-38(61-6)12-10-18-54)21-44(58)47-26-42(62-7)27-53(60,69-47)28-49-55-36(29-63-49)22-33(3)51-35(5)52-34(4)45(67-51)13-9-14-48-56-43(30-64-48)46-24-37(57)23-41(66-46)25-40-20-32(2)19-39(65-40)11-8-15-50(59)68-52/h8-10,14-18,21-22,29-30,34-35,37-42,44-47,51-52,57-58,60H,2,11-13,19-20,23-28H2,1,3-7H3/b14-9+,15-8-,17-16+,18-10+,31-21+,33-22+/t34?,35-,37?,38?,39?,40+,41-,42+,44?,45?,46+,47?,51?,52?,53?/m0/s1. The molecule has 0 aromatic carbocycles. The van der Waals surface area contributed by atoms with Gasteiger partial charge in [-0.2, -0.15) is 0 Å². The number of fused-ring (bicyclic) bond motifs is 9. The third-order valence-corrected chi connectivity index (χ3v) is 14.2. The van der Waals surface area contributed by atoms with Gasteiger partial charge in [0.25, 0.3) is 0 Å². The Morgan fingerprint density at radius 1 is 0.986 bits per heavy atom. The summed E-state index contributed by atoms with van der Waals surface area (Å²) < 4.78 is 55.2. The van der Waals surface area contributed by atoms with Crippen molar-refractivity contribution >= 4 is 34.1 Å². The van der Waals surface area contributed by atoms with E-state index in [4.69, 9.17) is 52.0 Å². The van der Waals surface area contributed by atoms with E-state index in [-0.39, 0.29) is 67.2 Å². The number of rotatable bonds is 12. The van der Waals surface area contributed by atoms with Crippen LogP contribution in [0, 0.1) is 11.8 Å². The van der Waals surface area contributed by atoms with Gasteiger partial charge in [-0.15, -0.1) is 0 Å². The SMILES string of the molecule is C=C1CC2C/C=C\C(=O)OC3C(C)C(C/C=C/c4nc(co4)[C@H]4CC(O)C[C@@H](C[C@@H](C1)O2)O4)OC(/C(C)=C/c1coc(CC2(O)C[C@H](OC)CC(C(O)/C=C(C)/C=C/C(C/C=C/Br)OC)O2)n1)[C@@H]3C. The van der Waals surface area contributed by atoms with Crippen LogP contribution in [0.3, 0.4) is 0 Å². The average Bonchev–Trinajstić information content (AvgIpc) is 3.96. The Kier molecular flexibility index (Phi) is 18.9. The van der Waals surface area contributed by atoms with Crippen molar-refractivity contribution in [1.82, 2.24) is 9.97 Å². The lowest BCUT2D eigenvalue weighted by Crippen LogP contribution is -2.51. The summed E-state index contributed by atoms with van der Waals surface area (Å²) in [7, 11) is 3.22. The van der Waals surface area contributed by atoms with Gasteiger partial charge in [-0.05, 0) is 75.1 Å². The Labute approximate surface area is 414 Å². The second kappa shape index (κ2) is 24.5. The maximum Gasteiger partial charge on any atom is 0.330 e. The monoisotopic (exact) mass is 1020 g/mol. The first-order chi connectivity index (χ1) is 33.1. The lowest BCUT2D eigenvalue weighted by molar-refractivity contribution is -0.286. The number of aliphatic hydroxyl groups is 3. The van der Waals surface area contributed by atoms with Crippen LogP contribution in [-0.4, -0.2) is 118 Å². The predicted molar refractivity (Wildman–Crippen MR) is 261 cm³/mol. The van der Waals surface area contributed by atoms with Crippen LogP contribution >= 0.6 is 15.9 Å². The molecule has 4 saturated heterocycles. The maximum atomic E-state index is 13.6. The van der Waals surface area contributed by atoms with Crippen molar-refractivity contribution in [1.29, 1.82) is 0 Å². The lowest BCUT2D eigenvalue weighted by Gasteiger charge is -2.44. The molecule has 0 amide bonds. The van der Waals surface area contributed by atoms with Gasteiger partial charge in [-0.3, -0.25) is 0 Å². The number of methoxy groups -OCH3 is 2. The summed E-state index contributed by atoms with van der Waals surface area (Å²) in [5, 5.41) is 33.9. The second-order valence-corrected chi connectivity index (χ2v) is 20.0. The number of carbonyl (C=O) groups excluding carboxylic acids is 1. The van der Waals surface area contributed by atoms with E-state index in [1.165, 1.54) is 12.3 Å². The van der Waals surface area contributed by atoms with Gasteiger partial charge >= 0.3 is 5.97 Å². The summed E-state index contributed by atoms with van der Waals surface area (Å²) >= 11 is 3.28. The number of oxazole rings is 2. The van der Waals surface area contributed by atoms with Crippen molar-refractivity contribution in [2.75, 3.05) is 14.2 Å². The number of hydrogen-bond acceptors (Lipinski definition) is 15. The molecule has 2 aromatic rings. The summed E-state index contributed by atoms with van der Waals surface area (Å²) in [6.45, 7) is 12.2. The molecule has 3 N–H and O–H groups in total. The fourth-order valence-corrected chi connectivity index (χ4v) is 10.6. The van der Waals surface area contributed by atoms with Gasteiger partial charge in [0.05, 0.1) is 67.5 Å². The number of ether oxygens (including phenoxy) is 7. The smallest absolute Gasteiger partial charge is 0.330 e. The topological polar surface area (TPSA) is 194 Å². The molecule has 0 saturated carbocycles. The summed E-state index contributed by atoms with van der Waals surface area (Å²) in [5.74, 6) is -1.95. The fourth-order valence-electron chi connectivity index (χ4n) is 10.4. The summed E-state index contributed by atoms with van der Waals surface area (Å²) in [6, 6.07) is 0. The van der Waals surface area contributed by atoms with Crippen molar-refractivity contribution in [2.24, 2.45) is 11.8 Å². The number of aliphatic hydroxyl groups excluding tert-OH is 2. The molecule has 15 nitrogen and oxygen atoms in total. The molecule has 5 aliphatic rings. The van der Waals surface area contributed by atoms with Crippen molar-refractivity contribution in [2.45, 2.75) is 177 Å². The van der Waals surface area contributed by atoms with Crippen molar-refractivity contribution in [3.05, 3.63) is 107 Å². The molecular formula is C53H71BrN2O13. The van der Waals surface area contributed by atoms with Crippen LogP contribution in [0.25, 0.3) is 12.2 Å². The van der Waals surface area contributed by atoms with Crippen LogP contribution < -0.4 is 0 Å². The third kappa shape index (κ3) is 14.6. The van der Waals surface area contributed by atoms with Crippen molar-refractivity contribution < 1.29 is 62.1 Å². The molecule has 0 aliphatic carbocycles. The number of carbonyl (C=O) groups is 1. The molecule has 2 aromatic heterocycles. The van der Waals surface area contributed by atoms with E-state index in [9.17, 15) is 20.1 Å². The molecule has 7 rings (SSSR count). The molecule has 378 valence electrons. The molecular weight excluding hydrogens is 952 g/mol. The predicted octanol–water partition coefficient (Wildman–Crippen LogP) is 8.76. The van der Waals surface area contributed by atoms with Gasteiger partial charge in [0.15, 0.2) is 11.7 Å². The zero-order valence-corrected chi connectivity index (χ0v) is 42.3. The number of nitrogens with zero attached hydrogens (tertiary/aromatic N) is 2. The molecule has 69 heavy (non-hydrogen) atoms. The Morgan fingerprint density at radius 3 is 2.57 bits per heavy atom. The Balaban J connectivity index is 1.06. The zero-order chi connectivity index (χ0) is 49.2. The Hall–Kier alpha value is -3.81. The largest absolute Gasteiger partial charge is 0.458 e. The van der Waals surface area contributed by atoms with Crippen LogP contribution in [0.15, 0.2) is 92.2 Å². The first-order valence-electron chi connectivity index (χ1n) is 24.3. The van der Waals surface area contributed by atoms with Crippen LogP contribution in [0.1, 0.15) is 121 Å². The number of hydrogen-bond donors (Lipinski definition) is 3. The summed E-state index contributed by atoms with van der Waals surface area (Å²) in [4.78, 5) is 24.8. The van der Waals surface area contributed by atoms with E-state index in [1.54, 1.807) is 37.6 Å². The van der Waals surface area contributed by atoms with Gasteiger partial charge < -0.3 is 57.3 Å². The fraction of sp³-hybridized carbons (Fsp3) is 0.604. The normalized spacial score (nSPS) is 36.1. The minimum Gasteiger partial charge on any atom is -0.458 e. The van der Waals surface area contributed by atoms with Gasteiger partial charge in [-0.1, -0.05) is 84.0 Å². The minimum atomic E-state index is -1.73. The van der Waals surface area contributed by atoms with Crippen LogP contribution in [0.5, 0.6) is 0 Å². The van der Waals surface area contributed by atoms with E-state index in [1.807, 2.05) is 64.2 Å². The van der Waals surface area contributed by atoms with Gasteiger partial charge in [0.1, 0.15) is 36.1 Å². The van der Waals surface area contributed by atoms with E-state index in [0.29, 0.717) is 75.1 Å². The summed E-state index contributed by atoms with van der Waals surface area (Å²) in [6.07, 6.45) is 19.5. The molecule has 0 spiro atoms. The van der Waals surface area contributed by atoms with Gasteiger partial charge in [-0.25, -0.2) is 14.8 Å². The Morgan fingerprint density at radius 2 is 1.78 bits per heavy atom. The van der Waals surface area contributed by atoms with E-state index in [2.05, 4.69) is 22.5 Å². The minimum absolute atomic E-state index is 0.0830. The summed E-state index contributed by atoms with van der Waals surface area (Å²) in [5.41, 5.74) is 3.86. The number of aromatic nitrogens is 2. The zero-order valence-electron chi connectivity index (χ0n) is 40.7. The molecule has 15 atom stereocenters. The molecule has 16 heteroatoms. The van der Waals surface area contributed by atoms with Crippen molar-refractivity contribution in [3.8, 4) is 0 Å². The highest BCUT2D eigenvalue weighted by atomic mass is 79.9. The third-order valence-electron chi connectivity index (χ3n) is 13.9. The molecule has 5 aliphatic heterocycles. The molecule has 0 radical (unpaired) electrons. The molecule has 8 bridgehead atoms. The quantitative estimate of drug-likeness (QED) is 0.104. The highest BCUT2D eigenvalue weighted by molar-refractivity contribution is 9.11. The average molecular weight is 1020 g/mol. The molecule has 10 unspecified atom stereocenters. The van der Waals surface area contributed by atoms with Gasteiger partial charge in [0, 0.05) is 57.8 Å². The highest BCUT2D eigenvalue weighted by Crippen LogP contribution is 2.40. The number of halogens is 1. The van der Waals surface area contributed by atoms with Crippen molar-refractivity contribution in [3.63, 3.8) is 0 Å². The Bertz CT molecular complexity index is 2210. The van der Waals surface area contributed by atoms with Crippen LogP contribution in [0.2, 0.25) is 0 Å². The first kappa shape index (κ1) is 53.0. The molecule has 4 fully saturated rings. The lowest BCUT2D eigenvalue weighted by atomic mass is 9.79. The van der Waals surface area contributed by atoms with E-state index in [0.717, 1.165) is 16.7 Å². The highest BCUT2D eigenvalue weighted by Gasteiger charge is 2.45. The van der Waals surface area contributed by atoms with Gasteiger partial charge in [0.2, 0.25) is 5.89 Å². The van der Waals surface area contributed by atoms with Crippen LogP contribution in [0.4, 0.5) is 0 Å². The molecule has 7 heterocycles. The maximum absolute atomic E-state index is 13.6. The second-order valence-electron chi connectivity index (χ2n) is 19.5.